The molecule has 0 amide bonds. The summed E-state index contributed by atoms with van der Waals surface area (Å²) in [5, 5.41) is 11.1. The van der Waals surface area contributed by atoms with Gasteiger partial charge in [-0.05, 0) is 73.4 Å². The third-order valence-electron chi connectivity index (χ3n) is 6.66. The zero-order chi connectivity index (χ0) is 22.0. The molecule has 1 atom stereocenters. The lowest BCUT2D eigenvalue weighted by atomic mass is 9.63. The van der Waals surface area contributed by atoms with Crippen molar-refractivity contribution in [1.82, 2.24) is 4.98 Å². The second kappa shape index (κ2) is 8.74. The van der Waals surface area contributed by atoms with Crippen LogP contribution in [0.4, 0.5) is 0 Å². The molecule has 1 aliphatic rings. The van der Waals surface area contributed by atoms with Gasteiger partial charge in [-0.2, -0.15) is 5.26 Å². The van der Waals surface area contributed by atoms with Gasteiger partial charge in [0.2, 0.25) is 0 Å². The number of H-pyrrole nitrogens is 1. The van der Waals surface area contributed by atoms with Crippen LogP contribution in [0.3, 0.4) is 0 Å². The van der Waals surface area contributed by atoms with Gasteiger partial charge < -0.3 is 15.5 Å². The second-order valence-electron chi connectivity index (χ2n) is 8.36. The largest absolute Gasteiger partial charge is 0.489 e. The molecular weight excluding hydrogens is 410 g/mol. The van der Waals surface area contributed by atoms with Crippen molar-refractivity contribution in [2.45, 2.75) is 56.6 Å². The Morgan fingerprint density at radius 1 is 1.29 bits per heavy atom. The van der Waals surface area contributed by atoms with E-state index in [1.165, 1.54) is 0 Å². The van der Waals surface area contributed by atoms with E-state index in [4.69, 9.17) is 22.1 Å². The number of benzene rings is 2. The quantitative estimate of drug-likeness (QED) is 0.586. The molecule has 5 nitrogen and oxygen atoms in total. The molecule has 3 N–H and O–H groups in total. The summed E-state index contributed by atoms with van der Waals surface area (Å²) in [6.45, 7) is 2.11. The van der Waals surface area contributed by atoms with Gasteiger partial charge in [0.05, 0.1) is 22.8 Å². The van der Waals surface area contributed by atoms with Crippen molar-refractivity contribution in [3.05, 3.63) is 75.2 Å². The van der Waals surface area contributed by atoms with Gasteiger partial charge in [-0.1, -0.05) is 30.7 Å². The molecule has 2 aromatic carbocycles. The molecule has 0 bridgehead atoms. The molecule has 4 rings (SSSR count). The van der Waals surface area contributed by atoms with Crippen LogP contribution in [-0.4, -0.2) is 17.1 Å². The van der Waals surface area contributed by atoms with Crippen molar-refractivity contribution in [2.24, 2.45) is 5.73 Å². The molecule has 1 fully saturated rings. The maximum absolute atomic E-state index is 12.0. The average Bonchev–Trinajstić information content (AvgIpc) is 2.80. The second-order valence-corrected chi connectivity index (χ2v) is 8.76. The zero-order valence-electron chi connectivity index (χ0n) is 17.5. The summed E-state index contributed by atoms with van der Waals surface area (Å²) in [6.07, 6.45) is 5.96. The Labute approximate surface area is 186 Å². The van der Waals surface area contributed by atoms with Crippen LogP contribution in [0.2, 0.25) is 5.02 Å². The van der Waals surface area contributed by atoms with Crippen LogP contribution in [0, 0.1) is 11.3 Å². The third-order valence-corrected chi connectivity index (χ3v) is 6.96. The van der Waals surface area contributed by atoms with E-state index in [0.29, 0.717) is 21.7 Å². The Bertz CT molecular complexity index is 1190. The highest BCUT2D eigenvalue weighted by Crippen LogP contribution is 2.44. The Balaban J connectivity index is 1.56. The molecule has 1 aliphatic carbocycles. The molecule has 1 aromatic heterocycles. The van der Waals surface area contributed by atoms with Crippen molar-refractivity contribution in [2.75, 3.05) is 0 Å². The summed E-state index contributed by atoms with van der Waals surface area (Å²) in [4.78, 5) is 14.7. The first-order valence-corrected chi connectivity index (χ1v) is 11.1. The Morgan fingerprint density at radius 3 is 2.77 bits per heavy atom. The standard InChI is InChI=1S/C25H26ClN3O2/c1-2-23(28)25(18-5-3-4-16(12-18)15-27)9-6-19(7-10-25)31-22-13-17-8-11-29-24(30)20(17)14-21(22)26/h3-5,8,11-14,19,23H,2,6-7,9-10,28H2,1H3,(H,29,30). The Morgan fingerprint density at radius 2 is 2.06 bits per heavy atom. The number of rotatable bonds is 5. The number of aromatic amines is 1. The van der Waals surface area contributed by atoms with Crippen molar-refractivity contribution >= 4 is 22.4 Å². The molecule has 6 heteroatoms. The highest BCUT2D eigenvalue weighted by atomic mass is 35.5. The zero-order valence-corrected chi connectivity index (χ0v) is 18.3. The predicted octanol–water partition coefficient (Wildman–Crippen LogP) is 5.05. The number of hydrogen-bond acceptors (Lipinski definition) is 4. The van der Waals surface area contributed by atoms with Gasteiger partial charge in [0, 0.05) is 23.0 Å². The number of nitrogens with zero attached hydrogens (tertiary/aromatic N) is 1. The van der Waals surface area contributed by atoms with Crippen molar-refractivity contribution in [3.8, 4) is 11.8 Å². The molecule has 160 valence electrons. The van der Waals surface area contributed by atoms with E-state index in [0.717, 1.165) is 43.1 Å². The van der Waals surface area contributed by atoms with Crippen LogP contribution in [0.15, 0.2) is 53.5 Å². The lowest BCUT2D eigenvalue weighted by molar-refractivity contribution is 0.104. The van der Waals surface area contributed by atoms with Gasteiger partial charge in [0.15, 0.2) is 0 Å². The van der Waals surface area contributed by atoms with E-state index >= 15 is 0 Å². The number of aromatic nitrogens is 1. The van der Waals surface area contributed by atoms with Crippen LogP contribution in [0.5, 0.6) is 5.75 Å². The predicted molar refractivity (Wildman–Crippen MR) is 124 cm³/mol. The number of halogens is 1. The maximum atomic E-state index is 12.0. The Kier molecular flexibility index (Phi) is 6.04. The van der Waals surface area contributed by atoms with Crippen molar-refractivity contribution in [1.29, 1.82) is 5.26 Å². The van der Waals surface area contributed by atoms with Gasteiger partial charge in [0.1, 0.15) is 5.75 Å². The van der Waals surface area contributed by atoms with Crippen molar-refractivity contribution < 1.29 is 4.74 Å². The number of nitriles is 1. The minimum absolute atomic E-state index is 0.0124. The first-order valence-electron chi connectivity index (χ1n) is 10.7. The van der Waals surface area contributed by atoms with E-state index in [2.05, 4.69) is 24.0 Å². The lowest BCUT2D eigenvalue weighted by Crippen LogP contribution is -2.48. The van der Waals surface area contributed by atoms with Gasteiger partial charge in [-0.25, -0.2) is 0 Å². The minimum Gasteiger partial charge on any atom is -0.489 e. The van der Waals surface area contributed by atoms with Gasteiger partial charge in [-0.3, -0.25) is 4.79 Å². The molecule has 0 aliphatic heterocycles. The summed E-state index contributed by atoms with van der Waals surface area (Å²) < 4.78 is 6.28. The fourth-order valence-electron chi connectivity index (χ4n) is 4.85. The highest BCUT2D eigenvalue weighted by Gasteiger charge is 2.41. The normalized spacial score (nSPS) is 22.1. The average molecular weight is 436 g/mol. The van der Waals surface area contributed by atoms with E-state index < -0.39 is 0 Å². The lowest BCUT2D eigenvalue weighted by Gasteiger charge is -2.44. The molecule has 1 unspecified atom stereocenters. The number of hydrogen-bond donors (Lipinski definition) is 2. The van der Waals surface area contributed by atoms with Crippen LogP contribution < -0.4 is 16.0 Å². The first-order chi connectivity index (χ1) is 15.0. The summed E-state index contributed by atoms with van der Waals surface area (Å²) in [5.74, 6) is 0.600. The highest BCUT2D eigenvalue weighted by molar-refractivity contribution is 6.32. The molecule has 1 heterocycles. The van der Waals surface area contributed by atoms with Gasteiger partial charge >= 0.3 is 0 Å². The van der Waals surface area contributed by atoms with E-state index in [9.17, 15) is 10.1 Å². The van der Waals surface area contributed by atoms with Crippen LogP contribution in [0.25, 0.3) is 10.8 Å². The number of fused-ring (bicyclic) bond motifs is 1. The molecule has 0 radical (unpaired) electrons. The Hall–Kier alpha value is -2.81. The summed E-state index contributed by atoms with van der Waals surface area (Å²) in [6, 6.07) is 15.4. The molecule has 3 aromatic rings. The van der Waals surface area contributed by atoms with Gasteiger partial charge in [0.25, 0.3) is 5.56 Å². The van der Waals surface area contributed by atoms with Crippen LogP contribution >= 0.6 is 11.6 Å². The summed E-state index contributed by atoms with van der Waals surface area (Å²) >= 11 is 6.42. The van der Waals surface area contributed by atoms with E-state index in [1.807, 2.05) is 30.3 Å². The van der Waals surface area contributed by atoms with Crippen LogP contribution in [0.1, 0.15) is 50.2 Å². The fourth-order valence-corrected chi connectivity index (χ4v) is 5.05. The van der Waals surface area contributed by atoms with Crippen LogP contribution in [-0.2, 0) is 5.41 Å². The number of ether oxygens (including phenoxy) is 1. The SMILES string of the molecule is CCC(N)C1(c2cccc(C#N)c2)CCC(Oc2cc3cc[nH]c(=O)c3cc2Cl)CC1. The third kappa shape index (κ3) is 4.06. The summed E-state index contributed by atoms with van der Waals surface area (Å²) in [5.41, 5.74) is 8.10. The monoisotopic (exact) mass is 435 g/mol. The molecule has 1 saturated carbocycles. The maximum Gasteiger partial charge on any atom is 0.255 e. The topological polar surface area (TPSA) is 91.9 Å². The minimum atomic E-state index is -0.165. The fraction of sp³-hybridized carbons (Fsp3) is 0.360. The number of pyridine rings is 1. The molecule has 0 spiro atoms. The molecule has 0 saturated heterocycles. The molecule has 31 heavy (non-hydrogen) atoms. The van der Waals surface area contributed by atoms with Gasteiger partial charge in [-0.15, -0.1) is 0 Å². The summed E-state index contributed by atoms with van der Waals surface area (Å²) in [7, 11) is 0. The van der Waals surface area contributed by atoms with E-state index in [1.54, 1.807) is 12.3 Å². The number of nitrogens with one attached hydrogen (secondary N) is 1. The molecular formula is C25H26ClN3O2. The van der Waals surface area contributed by atoms with E-state index in [-0.39, 0.29) is 23.1 Å². The van der Waals surface area contributed by atoms with Crippen molar-refractivity contribution in [3.63, 3.8) is 0 Å². The number of nitrogens with two attached hydrogens (primary N) is 1. The smallest absolute Gasteiger partial charge is 0.255 e. The first kappa shape index (κ1) is 21.4.